The third-order valence-electron chi connectivity index (χ3n) is 2.85. The van der Waals surface area contributed by atoms with E-state index in [1.807, 2.05) is 0 Å². The number of hydrogen-bond acceptors (Lipinski definition) is 6. The van der Waals surface area contributed by atoms with Gasteiger partial charge in [-0.2, -0.15) is 11.8 Å². The van der Waals surface area contributed by atoms with Gasteiger partial charge in [0, 0.05) is 11.7 Å². The lowest BCUT2D eigenvalue weighted by molar-refractivity contribution is -0.128. The van der Waals surface area contributed by atoms with Gasteiger partial charge < -0.3 is 16.4 Å². The predicted molar refractivity (Wildman–Crippen MR) is 86.5 cm³/mol. The zero-order chi connectivity index (χ0) is 17.1. The van der Waals surface area contributed by atoms with Crippen molar-refractivity contribution in [1.82, 2.24) is 10.6 Å². The average Bonchev–Trinajstić information content (AvgIpc) is 2.44. The molecule has 0 saturated carbocycles. The van der Waals surface area contributed by atoms with Gasteiger partial charge in [0.2, 0.25) is 11.8 Å². The molecule has 4 N–H and O–H groups in total. The number of nitrogens with one attached hydrogen (secondary N) is 2. The Morgan fingerprint density at radius 3 is 2.32 bits per heavy atom. The van der Waals surface area contributed by atoms with E-state index >= 15 is 0 Å². The van der Waals surface area contributed by atoms with Crippen LogP contribution in [-0.4, -0.2) is 54.0 Å². The van der Waals surface area contributed by atoms with E-state index in [0.29, 0.717) is 18.7 Å². The number of carbonyl (C=O) groups is 4. The predicted octanol–water partition coefficient (Wildman–Crippen LogP) is -0.516. The summed E-state index contributed by atoms with van der Waals surface area (Å²) in [5.41, 5.74) is 5.41. The summed E-state index contributed by atoms with van der Waals surface area (Å²) in [7, 11) is 0. The highest BCUT2D eigenvalue weighted by Crippen LogP contribution is 2.09. The molecule has 2 atom stereocenters. The first-order chi connectivity index (χ1) is 10.3. The first-order valence-corrected chi connectivity index (χ1v) is 8.28. The SMILES string of the molecule is CC(=O)CNC(=O)CSC[C@H](C)C(=O)N[C@@H](CCN)C(C)=O. The summed E-state index contributed by atoms with van der Waals surface area (Å²) >= 11 is 1.30. The third-order valence-corrected chi connectivity index (χ3v) is 4.05. The van der Waals surface area contributed by atoms with Gasteiger partial charge in [-0.3, -0.25) is 19.2 Å². The lowest BCUT2D eigenvalue weighted by Gasteiger charge is -2.18. The Hall–Kier alpha value is -1.41. The standard InChI is InChI=1S/C14H25N3O4S/c1-9(7-22-8-13(20)16-6-10(2)18)14(21)17-12(4-5-15)11(3)19/h9,12H,4-8,15H2,1-3H3,(H,16,20)(H,17,21)/t9-,12-/m0/s1. The second-order valence-electron chi connectivity index (χ2n) is 5.14. The molecule has 0 aromatic carbocycles. The van der Waals surface area contributed by atoms with Crippen LogP contribution in [0.3, 0.4) is 0 Å². The number of thioether (sulfide) groups is 1. The molecule has 0 bridgehead atoms. The highest BCUT2D eigenvalue weighted by molar-refractivity contribution is 7.99. The molecule has 0 rings (SSSR count). The summed E-state index contributed by atoms with van der Waals surface area (Å²) in [5.74, 6) is -0.396. The molecule has 0 aliphatic carbocycles. The second-order valence-corrected chi connectivity index (χ2v) is 6.17. The van der Waals surface area contributed by atoms with Gasteiger partial charge in [0.25, 0.3) is 0 Å². The number of amides is 2. The Balaban J connectivity index is 4.07. The minimum absolute atomic E-state index is 0.0226. The van der Waals surface area contributed by atoms with Crippen molar-refractivity contribution < 1.29 is 19.2 Å². The number of rotatable bonds is 11. The molecule has 0 saturated heterocycles. The van der Waals surface area contributed by atoms with Crippen LogP contribution in [0, 0.1) is 5.92 Å². The van der Waals surface area contributed by atoms with E-state index in [9.17, 15) is 19.2 Å². The number of hydrogen-bond donors (Lipinski definition) is 3. The van der Waals surface area contributed by atoms with Crippen LogP contribution >= 0.6 is 11.8 Å². The van der Waals surface area contributed by atoms with E-state index in [4.69, 9.17) is 5.73 Å². The van der Waals surface area contributed by atoms with Crippen LogP contribution in [0.2, 0.25) is 0 Å². The Morgan fingerprint density at radius 2 is 1.82 bits per heavy atom. The van der Waals surface area contributed by atoms with Gasteiger partial charge in [-0.1, -0.05) is 6.92 Å². The smallest absolute Gasteiger partial charge is 0.230 e. The van der Waals surface area contributed by atoms with Gasteiger partial charge in [-0.25, -0.2) is 0 Å². The maximum absolute atomic E-state index is 12.0. The Morgan fingerprint density at radius 1 is 1.18 bits per heavy atom. The highest BCUT2D eigenvalue weighted by atomic mass is 32.2. The first-order valence-electron chi connectivity index (χ1n) is 7.12. The number of ketones is 2. The largest absolute Gasteiger partial charge is 0.348 e. The van der Waals surface area contributed by atoms with Crippen LogP contribution in [0.25, 0.3) is 0 Å². The quantitative estimate of drug-likeness (QED) is 0.469. The van der Waals surface area contributed by atoms with E-state index in [1.54, 1.807) is 6.92 Å². The highest BCUT2D eigenvalue weighted by Gasteiger charge is 2.20. The van der Waals surface area contributed by atoms with Gasteiger partial charge in [0.1, 0.15) is 5.78 Å². The van der Waals surface area contributed by atoms with Gasteiger partial charge >= 0.3 is 0 Å². The fourth-order valence-electron chi connectivity index (χ4n) is 1.54. The molecule has 0 aromatic rings. The molecule has 8 heteroatoms. The maximum atomic E-state index is 12.0. The monoisotopic (exact) mass is 331 g/mol. The van der Waals surface area contributed by atoms with Crippen molar-refractivity contribution in [1.29, 1.82) is 0 Å². The fourth-order valence-corrected chi connectivity index (χ4v) is 2.45. The summed E-state index contributed by atoms with van der Waals surface area (Å²) < 4.78 is 0. The van der Waals surface area contributed by atoms with Gasteiger partial charge in [-0.05, 0) is 26.8 Å². The van der Waals surface area contributed by atoms with Crippen molar-refractivity contribution in [2.45, 2.75) is 33.2 Å². The second kappa shape index (κ2) is 11.2. The van der Waals surface area contributed by atoms with Gasteiger partial charge in [-0.15, -0.1) is 0 Å². The summed E-state index contributed by atoms with van der Waals surface area (Å²) in [6.07, 6.45) is 0.411. The van der Waals surface area contributed by atoms with Crippen LogP contribution in [-0.2, 0) is 19.2 Å². The van der Waals surface area contributed by atoms with E-state index in [0.717, 1.165) is 0 Å². The van der Waals surface area contributed by atoms with Crippen LogP contribution in [0.1, 0.15) is 27.2 Å². The summed E-state index contributed by atoms with van der Waals surface area (Å²) in [5, 5.41) is 5.15. The Labute approximate surface area is 135 Å². The van der Waals surface area contributed by atoms with Crippen LogP contribution in [0.5, 0.6) is 0 Å². The Bertz CT molecular complexity index is 415. The number of Topliss-reactive ketones (excluding diaryl/α,β-unsaturated/α-hetero) is 2. The van der Waals surface area contributed by atoms with Gasteiger partial charge in [0.05, 0.1) is 18.3 Å². The van der Waals surface area contributed by atoms with Crippen LogP contribution < -0.4 is 16.4 Å². The molecule has 126 valence electrons. The third kappa shape index (κ3) is 9.51. The maximum Gasteiger partial charge on any atom is 0.230 e. The Kier molecular flexibility index (Phi) is 10.5. The minimum atomic E-state index is -0.552. The molecule has 0 heterocycles. The fraction of sp³-hybridized carbons (Fsp3) is 0.714. The van der Waals surface area contributed by atoms with Crippen LogP contribution in [0.15, 0.2) is 0 Å². The zero-order valence-corrected chi connectivity index (χ0v) is 14.1. The topological polar surface area (TPSA) is 118 Å². The molecule has 0 fully saturated rings. The molecule has 2 amide bonds. The van der Waals surface area contributed by atoms with E-state index in [2.05, 4.69) is 10.6 Å². The number of carbonyl (C=O) groups excluding carboxylic acids is 4. The molecule has 0 spiro atoms. The average molecular weight is 331 g/mol. The normalized spacial score (nSPS) is 13.1. The summed E-state index contributed by atoms with van der Waals surface area (Å²) in [6, 6.07) is -0.552. The zero-order valence-electron chi connectivity index (χ0n) is 13.3. The summed E-state index contributed by atoms with van der Waals surface area (Å²) in [4.78, 5) is 45.5. The van der Waals surface area contributed by atoms with Crippen molar-refractivity contribution in [3.8, 4) is 0 Å². The van der Waals surface area contributed by atoms with Gasteiger partial charge in [0.15, 0.2) is 5.78 Å². The van der Waals surface area contributed by atoms with Crippen molar-refractivity contribution in [2.75, 3.05) is 24.6 Å². The molecule has 0 aliphatic heterocycles. The molecule has 0 unspecified atom stereocenters. The van der Waals surface area contributed by atoms with Crippen LogP contribution in [0.4, 0.5) is 0 Å². The lowest BCUT2D eigenvalue weighted by Crippen LogP contribution is -2.43. The molecule has 0 aromatic heterocycles. The first kappa shape index (κ1) is 20.6. The molecule has 0 radical (unpaired) electrons. The van der Waals surface area contributed by atoms with E-state index in [-0.39, 0.29) is 41.6 Å². The molecule has 0 aliphatic rings. The van der Waals surface area contributed by atoms with E-state index < -0.39 is 6.04 Å². The minimum Gasteiger partial charge on any atom is -0.348 e. The van der Waals surface area contributed by atoms with E-state index in [1.165, 1.54) is 25.6 Å². The molecular weight excluding hydrogens is 306 g/mol. The summed E-state index contributed by atoms with van der Waals surface area (Å²) in [6.45, 7) is 4.89. The molecule has 22 heavy (non-hydrogen) atoms. The van der Waals surface area contributed by atoms with Crippen molar-refractivity contribution in [3.05, 3.63) is 0 Å². The molecular formula is C14H25N3O4S. The number of nitrogens with two attached hydrogens (primary N) is 1. The van der Waals surface area contributed by atoms with Crippen molar-refractivity contribution in [2.24, 2.45) is 11.7 Å². The van der Waals surface area contributed by atoms with Crippen molar-refractivity contribution >= 4 is 35.1 Å². The lowest BCUT2D eigenvalue weighted by atomic mass is 10.1. The molecule has 7 nitrogen and oxygen atoms in total. The van der Waals surface area contributed by atoms with Crippen molar-refractivity contribution in [3.63, 3.8) is 0 Å².